The van der Waals surface area contributed by atoms with Crippen LogP contribution in [0.15, 0.2) is 46.9 Å². The Morgan fingerprint density at radius 1 is 1.16 bits per heavy atom. The molecule has 0 bridgehead atoms. The molecule has 0 aliphatic rings. The van der Waals surface area contributed by atoms with Gasteiger partial charge in [0.15, 0.2) is 0 Å². The summed E-state index contributed by atoms with van der Waals surface area (Å²) in [7, 11) is 0. The number of hydrogen-bond acceptors (Lipinski definition) is 2. The number of carbonyl (C=O) groups excluding carboxylic acids is 1. The SMILES string of the molecule is NC(=O)c1cc2ccc(-c3ccc(Br)cc3)nc2[nH]1. The normalized spacial score (nSPS) is 10.8. The van der Waals surface area contributed by atoms with Crippen LogP contribution in [0.3, 0.4) is 0 Å². The third-order valence-electron chi connectivity index (χ3n) is 2.88. The fourth-order valence-corrected chi connectivity index (χ4v) is 2.18. The van der Waals surface area contributed by atoms with Gasteiger partial charge in [0.2, 0.25) is 0 Å². The van der Waals surface area contributed by atoms with Crippen LogP contribution in [0.4, 0.5) is 0 Å². The number of rotatable bonds is 2. The van der Waals surface area contributed by atoms with Crippen LogP contribution in [0, 0.1) is 0 Å². The van der Waals surface area contributed by atoms with Crippen molar-refractivity contribution < 1.29 is 4.79 Å². The molecule has 0 saturated carbocycles. The van der Waals surface area contributed by atoms with Gasteiger partial charge >= 0.3 is 0 Å². The highest BCUT2D eigenvalue weighted by molar-refractivity contribution is 9.10. The first-order chi connectivity index (χ1) is 9.13. The molecule has 0 spiro atoms. The minimum absolute atomic E-state index is 0.371. The maximum Gasteiger partial charge on any atom is 0.265 e. The molecule has 4 nitrogen and oxygen atoms in total. The number of aromatic amines is 1. The van der Waals surface area contributed by atoms with Crippen LogP contribution in [-0.4, -0.2) is 15.9 Å². The van der Waals surface area contributed by atoms with E-state index in [0.29, 0.717) is 11.3 Å². The standard InChI is InChI=1S/C14H10BrN3O/c15-10-4-1-8(2-5-10)11-6-3-9-7-12(13(16)19)18-14(9)17-11/h1-7H,(H2,16,19)(H,17,18). The predicted molar refractivity (Wildman–Crippen MR) is 77.7 cm³/mol. The highest BCUT2D eigenvalue weighted by Gasteiger charge is 2.08. The Balaban J connectivity index is 2.10. The molecule has 0 aliphatic carbocycles. The molecule has 0 radical (unpaired) electrons. The van der Waals surface area contributed by atoms with E-state index < -0.39 is 5.91 Å². The van der Waals surface area contributed by atoms with E-state index in [4.69, 9.17) is 5.73 Å². The van der Waals surface area contributed by atoms with Crippen molar-refractivity contribution in [2.24, 2.45) is 5.73 Å². The Bertz CT molecular complexity index is 762. The molecule has 3 rings (SSSR count). The van der Waals surface area contributed by atoms with E-state index in [-0.39, 0.29) is 0 Å². The number of nitrogens with zero attached hydrogens (tertiary/aromatic N) is 1. The van der Waals surface area contributed by atoms with Crippen molar-refractivity contribution in [3.8, 4) is 11.3 Å². The van der Waals surface area contributed by atoms with Crippen molar-refractivity contribution in [1.82, 2.24) is 9.97 Å². The minimum Gasteiger partial charge on any atom is -0.364 e. The van der Waals surface area contributed by atoms with Crippen LogP contribution in [-0.2, 0) is 0 Å². The van der Waals surface area contributed by atoms with E-state index in [1.54, 1.807) is 6.07 Å². The fourth-order valence-electron chi connectivity index (χ4n) is 1.92. The molecule has 3 aromatic rings. The third-order valence-corrected chi connectivity index (χ3v) is 3.41. The lowest BCUT2D eigenvalue weighted by Gasteiger charge is -2.01. The molecule has 94 valence electrons. The quantitative estimate of drug-likeness (QED) is 0.762. The summed E-state index contributed by atoms with van der Waals surface area (Å²) in [5.41, 5.74) is 8.13. The van der Waals surface area contributed by atoms with E-state index in [9.17, 15) is 4.79 Å². The number of fused-ring (bicyclic) bond motifs is 1. The minimum atomic E-state index is -0.483. The fraction of sp³-hybridized carbons (Fsp3) is 0. The van der Waals surface area contributed by atoms with Crippen molar-refractivity contribution in [2.75, 3.05) is 0 Å². The molecule has 0 aliphatic heterocycles. The zero-order valence-electron chi connectivity index (χ0n) is 9.85. The molecule has 1 amide bonds. The summed E-state index contributed by atoms with van der Waals surface area (Å²) in [6, 6.07) is 13.4. The van der Waals surface area contributed by atoms with Gasteiger partial charge in [-0.05, 0) is 30.3 Å². The van der Waals surface area contributed by atoms with Gasteiger partial charge in [0.1, 0.15) is 11.3 Å². The highest BCUT2D eigenvalue weighted by Crippen LogP contribution is 2.23. The van der Waals surface area contributed by atoms with Gasteiger partial charge in [-0.2, -0.15) is 0 Å². The first-order valence-corrected chi connectivity index (χ1v) is 6.48. The summed E-state index contributed by atoms with van der Waals surface area (Å²) in [6.45, 7) is 0. The van der Waals surface area contributed by atoms with Crippen LogP contribution >= 0.6 is 15.9 Å². The van der Waals surface area contributed by atoms with E-state index in [1.165, 1.54) is 0 Å². The molecule has 0 fully saturated rings. The number of nitrogens with one attached hydrogen (secondary N) is 1. The van der Waals surface area contributed by atoms with E-state index >= 15 is 0 Å². The second kappa shape index (κ2) is 4.51. The Hall–Kier alpha value is -2.14. The van der Waals surface area contributed by atoms with Gasteiger partial charge in [-0.3, -0.25) is 4.79 Å². The summed E-state index contributed by atoms with van der Waals surface area (Å²) >= 11 is 3.40. The predicted octanol–water partition coefficient (Wildman–Crippen LogP) is 3.09. The number of H-pyrrole nitrogens is 1. The van der Waals surface area contributed by atoms with Gasteiger partial charge in [0.05, 0.1) is 5.69 Å². The maximum absolute atomic E-state index is 11.1. The monoisotopic (exact) mass is 315 g/mol. The summed E-state index contributed by atoms with van der Waals surface area (Å²) in [4.78, 5) is 18.5. The van der Waals surface area contributed by atoms with Crippen molar-refractivity contribution in [2.45, 2.75) is 0 Å². The van der Waals surface area contributed by atoms with E-state index in [2.05, 4.69) is 25.9 Å². The number of halogens is 1. The lowest BCUT2D eigenvalue weighted by Crippen LogP contribution is -2.10. The smallest absolute Gasteiger partial charge is 0.265 e. The van der Waals surface area contributed by atoms with Gasteiger partial charge < -0.3 is 10.7 Å². The number of aromatic nitrogens is 2. The molecule has 19 heavy (non-hydrogen) atoms. The first kappa shape index (κ1) is 11.9. The molecule has 2 heterocycles. The first-order valence-electron chi connectivity index (χ1n) is 5.69. The zero-order valence-corrected chi connectivity index (χ0v) is 11.4. The third kappa shape index (κ3) is 2.24. The number of benzene rings is 1. The molecule has 0 unspecified atom stereocenters. The van der Waals surface area contributed by atoms with Crippen LogP contribution < -0.4 is 5.73 Å². The molecule has 5 heteroatoms. The van der Waals surface area contributed by atoms with Crippen molar-refractivity contribution in [3.63, 3.8) is 0 Å². The van der Waals surface area contributed by atoms with Crippen molar-refractivity contribution in [1.29, 1.82) is 0 Å². The summed E-state index contributed by atoms with van der Waals surface area (Å²) in [5, 5.41) is 0.870. The average molecular weight is 316 g/mol. The number of primary amides is 1. The number of pyridine rings is 1. The average Bonchev–Trinajstić information content (AvgIpc) is 2.82. The molecule has 1 aromatic carbocycles. The van der Waals surface area contributed by atoms with Crippen LogP contribution in [0.2, 0.25) is 0 Å². The number of hydrogen-bond donors (Lipinski definition) is 2. The molecule has 0 atom stereocenters. The maximum atomic E-state index is 11.1. The van der Waals surface area contributed by atoms with Gasteiger partial charge in [0.25, 0.3) is 5.91 Å². The zero-order chi connectivity index (χ0) is 13.4. The Morgan fingerprint density at radius 3 is 2.58 bits per heavy atom. The van der Waals surface area contributed by atoms with Crippen molar-refractivity contribution in [3.05, 3.63) is 52.6 Å². The van der Waals surface area contributed by atoms with Crippen LogP contribution in [0.25, 0.3) is 22.3 Å². The lowest BCUT2D eigenvalue weighted by molar-refractivity contribution is 0.0996. The van der Waals surface area contributed by atoms with E-state index in [1.807, 2.05) is 36.4 Å². The van der Waals surface area contributed by atoms with Crippen LogP contribution in [0.5, 0.6) is 0 Å². The van der Waals surface area contributed by atoms with Crippen molar-refractivity contribution >= 4 is 32.9 Å². The summed E-state index contributed by atoms with van der Waals surface area (Å²) in [5.74, 6) is -0.483. The highest BCUT2D eigenvalue weighted by atomic mass is 79.9. The van der Waals surface area contributed by atoms with Crippen LogP contribution in [0.1, 0.15) is 10.5 Å². The summed E-state index contributed by atoms with van der Waals surface area (Å²) in [6.07, 6.45) is 0. The van der Waals surface area contributed by atoms with Gasteiger partial charge in [-0.25, -0.2) is 4.98 Å². The lowest BCUT2D eigenvalue weighted by atomic mass is 10.1. The number of amides is 1. The molecular formula is C14H10BrN3O. The molecule has 3 N–H and O–H groups in total. The van der Waals surface area contributed by atoms with Gasteiger partial charge in [-0.15, -0.1) is 0 Å². The van der Waals surface area contributed by atoms with Gasteiger partial charge in [0, 0.05) is 15.4 Å². The molecular weight excluding hydrogens is 306 g/mol. The second-order valence-corrected chi connectivity index (χ2v) is 5.10. The Kier molecular flexibility index (Phi) is 2.83. The van der Waals surface area contributed by atoms with Gasteiger partial charge in [-0.1, -0.05) is 28.1 Å². The Labute approximate surface area is 117 Å². The Morgan fingerprint density at radius 2 is 1.89 bits per heavy atom. The topological polar surface area (TPSA) is 71.8 Å². The number of carbonyl (C=O) groups is 1. The number of nitrogens with two attached hydrogens (primary N) is 1. The molecule has 0 saturated heterocycles. The second-order valence-electron chi connectivity index (χ2n) is 4.19. The summed E-state index contributed by atoms with van der Waals surface area (Å²) < 4.78 is 1.02. The largest absolute Gasteiger partial charge is 0.364 e. The van der Waals surface area contributed by atoms with E-state index in [0.717, 1.165) is 21.1 Å². The molecule has 2 aromatic heterocycles.